The van der Waals surface area contributed by atoms with Crippen molar-refractivity contribution in [2.24, 2.45) is 0 Å². The number of rotatable bonds is 11. The van der Waals surface area contributed by atoms with Gasteiger partial charge in [0.2, 0.25) is 0 Å². The Hall–Kier alpha value is -4.98. The molecule has 0 saturated heterocycles. The van der Waals surface area contributed by atoms with E-state index in [1.54, 1.807) is 42.5 Å². The number of hydrogen-bond donors (Lipinski definition) is 0. The minimum Gasteiger partial charge on any atom is -0.487 e. The maximum atomic E-state index is 14.7. The Bertz CT molecular complexity index is 1440. The first kappa shape index (κ1) is 29.6. The molecule has 3 aromatic carbocycles. The highest BCUT2D eigenvalue weighted by atomic mass is 19.1. The van der Waals surface area contributed by atoms with Crippen molar-refractivity contribution in [2.75, 3.05) is 13.2 Å². The van der Waals surface area contributed by atoms with Gasteiger partial charge in [0.15, 0.2) is 11.6 Å². The summed E-state index contributed by atoms with van der Waals surface area (Å²) in [6.07, 6.45) is 0. The van der Waals surface area contributed by atoms with E-state index in [0.29, 0.717) is 11.1 Å². The van der Waals surface area contributed by atoms with Crippen LogP contribution in [0, 0.1) is 5.82 Å². The van der Waals surface area contributed by atoms with Gasteiger partial charge < -0.3 is 18.9 Å². The van der Waals surface area contributed by atoms with E-state index < -0.39 is 23.7 Å². The molecular formula is C32H29FO7. The van der Waals surface area contributed by atoms with E-state index in [0.717, 1.165) is 11.1 Å². The average Bonchev–Trinajstić information content (AvgIpc) is 2.91. The Morgan fingerprint density at radius 3 is 1.57 bits per heavy atom. The monoisotopic (exact) mass is 544 g/mol. The molecule has 206 valence electrons. The SMILES string of the molecule is C=C(C)C(=O)OCCOc1ccc(-c2ccc(-c3cc(OC(=O)C(=C)C)cc(OC(=O)C(=C)C)c3)cc2)cc1F. The number of benzene rings is 3. The quantitative estimate of drug-likeness (QED) is 0.116. The van der Waals surface area contributed by atoms with Crippen LogP contribution in [0.1, 0.15) is 20.8 Å². The first-order valence-electron chi connectivity index (χ1n) is 12.2. The van der Waals surface area contributed by atoms with Crippen LogP contribution in [0.2, 0.25) is 0 Å². The fourth-order valence-corrected chi connectivity index (χ4v) is 3.31. The summed E-state index contributed by atoms with van der Waals surface area (Å²) in [6, 6.07) is 16.5. The standard InChI is InChI=1S/C32H29FO7/c1-19(2)30(34)38-14-13-37-29-12-11-24(17-28(29)33)22-7-9-23(10-8-22)25-15-26(39-31(35)20(3)4)18-27(16-25)40-32(36)21(5)6/h7-12,15-18H,1,3,5,13-14H2,2,4,6H3. The number of carbonyl (C=O) groups excluding carboxylic acids is 3. The third-order valence-corrected chi connectivity index (χ3v) is 5.40. The Kier molecular flexibility index (Phi) is 9.76. The van der Waals surface area contributed by atoms with E-state index in [1.807, 2.05) is 0 Å². The highest BCUT2D eigenvalue weighted by molar-refractivity contribution is 5.90. The number of halogens is 1. The number of carbonyl (C=O) groups is 3. The minimum atomic E-state index is -0.619. The van der Waals surface area contributed by atoms with Crippen molar-refractivity contribution in [1.82, 2.24) is 0 Å². The van der Waals surface area contributed by atoms with Gasteiger partial charge in [-0.2, -0.15) is 0 Å². The van der Waals surface area contributed by atoms with Crippen LogP contribution in [0.15, 0.2) is 97.1 Å². The lowest BCUT2D eigenvalue weighted by atomic mass is 10.00. The van der Waals surface area contributed by atoms with Crippen molar-refractivity contribution < 1.29 is 37.7 Å². The second-order valence-corrected chi connectivity index (χ2v) is 9.02. The lowest BCUT2D eigenvalue weighted by molar-refractivity contribution is -0.139. The van der Waals surface area contributed by atoms with E-state index in [2.05, 4.69) is 19.7 Å². The predicted molar refractivity (Wildman–Crippen MR) is 149 cm³/mol. The van der Waals surface area contributed by atoms with Gasteiger partial charge in [0.25, 0.3) is 0 Å². The van der Waals surface area contributed by atoms with Crippen molar-refractivity contribution in [3.8, 4) is 39.5 Å². The van der Waals surface area contributed by atoms with Crippen LogP contribution in [0.4, 0.5) is 4.39 Å². The lowest BCUT2D eigenvalue weighted by Crippen LogP contribution is -2.12. The molecule has 0 atom stereocenters. The zero-order chi connectivity index (χ0) is 29.4. The lowest BCUT2D eigenvalue weighted by Gasteiger charge is -2.12. The summed E-state index contributed by atoms with van der Waals surface area (Å²) in [5.74, 6) is -1.96. The molecule has 3 rings (SSSR count). The summed E-state index contributed by atoms with van der Waals surface area (Å²) in [5, 5.41) is 0. The molecule has 0 aliphatic rings. The topological polar surface area (TPSA) is 88.1 Å². The van der Waals surface area contributed by atoms with Crippen molar-refractivity contribution in [3.63, 3.8) is 0 Å². The van der Waals surface area contributed by atoms with E-state index in [4.69, 9.17) is 18.9 Å². The van der Waals surface area contributed by atoms with Crippen LogP contribution in [0.5, 0.6) is 17.2 Å². The zero-order valence-electron chi connectivity index (χ0n) is 22.5. The molecule has 0 bridgehead atoms. The smallest absolute Gasteiger partial charge is 0.338 e. The predicted octanol–water partition coefficient (Wildman–Crippen LogP) is 6.62. The average molecular weight is 545 g/mol. The molecule has 3 aromatic rings. The van der Waals surface area contributed by atoms with Crippen LogP contribution >= 0.6 is 0 Å². The Balaban J connectivity index is 1.79. The van der Waals surface area contributed by atoms with Crippen LogP contribution in [0.25, 0.3) is 22.3 Å². The summed E-state index contributed by atoms with van der Waals surface area (Å²) in [6.45, 7) is 15.2. The first-order valence-corrected chi connectivity index (χ1v) is 12.2. The summed E-state index contributed by atoms with van der Waals surface area (Å²) in [5.41, 5.74) is 3.40. The van der Waals surface area contributed by atoms with Gasteiger partial charge in [-0.1, -0.05) is 50.1 Å². The van der Waals surface area contributed by atoms with E-state index in [9.17, 15) is 18.8 Å². The van der Waals surface area contributed by atoms with Crippen molar-refractivity contribution in [1.29, 1.82) is 0 Å². The minimum absolute atomic E-state index is 0.00556. The fourth-order valence-electron chi connectivity index (χ4n) is 3.31. The molecule has 0 N–H and O–H groups in total. The summed E-state index contributed by atoms with van der Waals surface area (Å²) >= 11 is 0. The van der Waals surface area contributed by atoms with Gasteiger partial charge in [-0.25, -0.2) is 18.8 Å². The number of esters is 3. The maximum absolute atomic E-state index is 14.7. The molecule has 8 heteroatoms. The largest absolute Gasteiger partial charge is 0.487 e. The van der Waals surface area contributed by atoms with E-state index in [1.165, 1.54) is 39.0 Å². The molecule has 0 radical (unpaired) electrons. The molecular weight excluding hydrogens is 515 g/mol. The number of ether oxygens (including phenoxy) is 4. The maximum Gasteiger partial charge on any atom is 0.338 e. The van der Waals surface area contributed by atoms with Gasteiger partial charge in [0.05, 0.1) is 0 Å². The molecule has 0 aliphatic heterocycles. The summed E-state index contributed by atoms with van der Waals surface area (Å²) in [4.78, 5) is 35.6. The van der Waals surface area contributed by atoms with Crippen LogP contribution in [0.3, 0.4) is 0 Å². The molecule has 0 heterocycles. The van der Waals surface area contributed by atoms with E-state index >= 15 is 0 Å². The molecule has 40 heavy (non-hydrogen) atoms. The van der Waals surface area contributed by atoms with Gasteiger partial charge in [-0.15, -0.1) is 0 Å². The van der Waals surface area contributed by atoms with Crippen molar-refractivity contribution >= 4 is 17.9 Å². The van der Waals surface area contributed by atoms with Crippen LogP contribution in [-0.4, -0.2) is 31.1 Å². The Morgan fingerprint density at radius 2 is 1.10 bits per heavy atom. The number of hydrogen-bond acceptors (Lipinski definition) is 7. The van der Waals surface area contributed by atoms with Crippen molar-refractivity contribution in [2.45, 2.75) is 20.8 Å². The van der Waals surface area contributed by atoms with Crippen LogP contribution < -0.4 is 14.2 Å². The second kappa shape index (κ2) is 13.2. The van der Waals surface area contributed by atoms with Crippen molar-refractivity contribution in [3.05, 3.63) is 103 Å². The molecule has 0 amide bonds. The zero-order valence-corrected chi connectivity index (χ0v) is 22.5. The van der Waals surface area contributed by atoms with E-state index in [-0.39, 0.29) is 47.2 Å². The fraction of sp³-hybridized carbons (Fsp3) is 0.156. The second-order valence-electron chi connectivity index (χ2n) is 9.02. The van der Waals surface area contributed by atoms with Gasteiger partial charge in [0.1, 0.15) is 24.7 Å². The van der Waals surface area contributed by atoms with Crippen LogP contribution in [-0.2, 0) is 19.1 Å². The third kappa shape index (κ3) is 8.01. The van der Waals surface area contributed by atoms with Gasteiger partial charge in [-0.05, 0) is 67.3 Å². The molecule has 0 fully saturated rings. The third-order valence-electron chi connectivity index (χ3n) is 5.40. The Morgan fingerprint density at radius 1 is 0.625 bits per heavy atom. The van der Waals surface area contributed by atoms with Gasteiger partial charge in [0, 0.05) is 22.8 Å². The van der Waals surface area contributed by atoms with Gasteiger partial charge in [-0.3, -0.25) is 0 Å². The molecule has 0 unspecified atom stereocenters. The molecule has 0 saturated carbocycles. The summed E-state index contributed by atoms with van der Waals surface area (Å²) in [7, 11) is 0. The highest BCUT2D eigenvalue weighted by Crippen LogP contribution is 2.33. The molecule has 0 spiro atoms. The highest BCUT2D eigenvalue weighted by Gasteiger charge is 2.14. The molecule has 0 aliphatic carbocycles. The van der Waals surface area contributed by atoms with Gasteiger partial charge >= 0.3 is 17.9 Å². The first-order chi connectivity index (χ1) is 18.9. The Labute approximate surface area is 232 Å². The molecule has 0 aromatic heterocycles. The summed E-state index contributed by atoms with van der Waals surface area (Å²) < 4.78 is 35.7. The molecule has 7 nitrogen and oxygen atoms in total. The normalized spacial score (nSPS) is 10.3.